The Labute approximate surface area is 121 Å². The van der Waals surface area contributed by atoms with Gasteiger partial charge in [0.1, 0.15) is 0 Å². The fourth-order valence-corrected chi connectivity index (χ4v) is 2.26. The Hall–Kier alpha value is -2.14. The third kappa shape index (κ3) is 6.15. The summed E-state index contributed by atoms with van der Waals surface area (Å²) in [5, 5.41) is 16.1. The number of nitro groups is 1. The summed E-state index contributed by atoms with van der Waals surface area (Å²) in [5.41, 5.74) is 2.09. The van der Waals surface area contributed by atoms with Crippen molar-refractivity contribution >= 4 is 11.8 Å². The van der Waals surface area contributed by atoms with E-state index >= 15 is 0 Å². The molecule has 0 saturated heterocycles. The fourth-order valence-electron chi connectivity index (χ4n) is 1.37. The normalized spacial score (nSPS) is 10.9. The standard InChI is InChI=1S/C12H17N5O2S/c1-3-4-13-12(7-17(18)19)14-5-6-20-8-11-10(2)15-9-16-11/h1,7,9,13-14H,4-6,8H2,2H3,(H,15,16). The van der Waals surface area contributed by atoms with Crippen LogP contribution in [0.4, 0.5) is 0 Å². The quantitative estimate of drug-likeness (QED) is 0.270. The van der Waals surface area contributed by atoms with Crippen molar-refractivity contribution in [3.63, 3.8) is 0 Å². The number of aromatic amines is 1. The Morgan fingerprint density at radius 3 is 3.10 bits per heavy atom. The number of H-pyrrole nitrogens is 1. The number of rotatable bonds is 9. The topological polar surface area (TPSA) is 95.9 Å². The van der Waals surface area contributed by atoms with Gasteiger partial charge < -0.3 is 15.6 Å². The summed E-state index contributed by atoms with van der Waals surface area (Å²) in [6.45, 7) is 2.80. The van der Waals surface area contributed by atoms with Gasteiger partial charge >= 0.3 is 0 Å². The largest absolute Gasteiger partial charge is 0.366 e. The van der Waals surface area contributed by atoms with Crippen LogP contribution < -0.4 is 10.6 Å². The third-order valence-electron chi connectivity index (χ3n) is 2.36. The van der Waals surface area contributed by atoms with Crippen LogP contribution in [-0.4, -0.2) is 33.7 Å². The molecule has 0 spiro atoms. The fraction of sp³-hybridized carbons (Fsp3) is 0.417. The molecule has 0 unspecified atom stereocenters. The lowest BCUT2D eigenvalue weighted by molar-refractivity contribution is -0.404. The summed E-state index contributed by atoms with van der Waals surface area (Å²) >= 11 is 1.71. The van der Waals surface area contributed by atoms with E-state index in [4.69, 9.17) is 6.42 Å². The third-order valence-corrected chi connectivity index (χ3v) is 3.34. The molecule has 0 atom stereocenters. The average Bonchev–Trinajstić information content (AvgIpc) is 2.80. The monoisotopic (exact) mass is 295 g/mol. The van der Waals surface area contributed by atoms with Gasteiger partial charge in [-0.05, 0) is 6.92 Å². The second-order valence-electron chi connectivity index (χ2n) is 3.83. The van der Waals surface area contributed by atoms with Gasteiger partial charge in [-0.2, -0.15) is 11.8 Å². The van der Waals surface area contributed by atoms with Crippen molar-refractivity contribution in [2.24, 2.45) is 0 Å². The minimum absolute atomic E-state index is 0.243. The lowest BCUT2D eigenvalue weighted by atomic mass is 10.4. The molecule has 1 aromatic heterocycles. The first-order valence-electron chi connectivity index (χ1n) is 5.96. The Balaban J connectivity index is 2.25. The Morgan fingerprint density at radius 2 is 2.50 bits per heavy atom. The van der Waals surface area contributed by atoms with Crippen molar-refractivity contribution in [1.82, 2.24) is 20.6 Å². The molecule has 0 aromatic carbocycles. The molecule has 8 heteroatoms. The molecule has 0 bridgehead atoms. The summed E-state index contributed by atoms with van der Waals surface area (Å²) in [6.07, 6.45) is 7.65. The van der Waals surface area contributed by atoms with E-state index in [0.29, 0.717) is 12.4 Å². The Kier molecular flexibility index (Phi) is 7.06. The maximum atomic E-state index is 10.4. The zero-order valence-electron chi connectivity index (χ0n) is 11.2. The van der Waals surface area contributed by atoms with Crippen molar-refractivity contribution in [1.29, 1.82) is 0 Å². The molecule has 0 radical (unpaired) electrons. The van der Waals surface area contributed by atoms with Gasteiger partial charge in [-0.1, -0.05) is 5.92 Å². The number of thioether (sulfide) groups is 1. The zero-order chi connectivity index (χ0) is 14.8. The van der Waals surface area contributed by atoms with Gasteiger partial charge in [-0.3, -0.25) is 10.1 Å². The SMILES string of the molecule is C#CCNC(=C[N+](=O)[O-])NCCSCc1[nH]cnc1C. The van der Waals surface area contributed by atoms with Crippen LogP contribution in [-0.2, 0) is 5.75 Å². The molecule has 0 aliphatic rings. The molecule has 108 valence electrons. The molecule has 0 saturated carbocycles. The lowest BCUT2D eigenvalue weighted by Gasteiger charge is -2.09. The summed E-state index contributed by atoms with van der Waals surface area (Å²) < 4.78 is 0. The summed E-state index contributed by atoms with van der Waals surface area (Å²) in [7, 11) is 0. The van der Waals surface area contributed by atoms with E-state index in [-0.39, 0.29) is 6.54 Å². The van der Waals surface area contributed by atoms with Crippen LogP contribution in [0.3, 0.4) is 0 Å². The molecular weight excluding hydrogens is 278 g/mol. The van der Waals surface area contributed by atoms with E-state index in [1.807, 2.05) is 6.92 Å². The highest BCUT2D eigenvalue weighted by Gasteiger charge is 2.02. The zero-order valence-corrected chi connectivity index (χ0v) is 12.0. The van der Waals surface area contributed by atoms with E-state index in [2.05, 4.69) is 26.5 Å². The van der Waals surface area contributed by atoms with E-state index in [9.17, 15) is 10.1 Å². The van der Waals surface area contributed by atoms with Gasteiger partial charge in [0, 0.05) is 23.7 Å². The smallest absolute Gasteiger partial charge is 0.274 e. The van der Waals surface area contributed by atoms with E-state index in [0.717, 1.165) is 29.1 Å². The second-order valence-corrected chi connectivity index (χ2v) is 4.94. The van der Waals surface area contributed by atoms with Crippen LogP contribution in [0.15, 0.2) is 18.3 Å². The molecule has 0 fully saturated rings. The molecule has 0 amide bonds. The second kappa shape index (κ2) is 8.87. The van der Waals surface area contributed by atoms with Crippen molar-refractivity contribution in [2.45, 2.75) is 12.7 Å². The minimum atomic E-state index is -0.521. The maximum absolute atomic E-state index is 10.4. The van der Waals surface area contributed by atoms with Crippen molar-refractivity contribution < 1.29 is 4.92 Å². The molecule has 1 rings (SSSR count). The molecule has 1 aromatic rings. The predicted molar refractivity (Wildman–Crippen MR) is 79.4 cm³/mol. The first-order valence-corrected chi connectivity index (χ1v) is 7.12. The van der Waals surface area contributed by atoms with Crippen LogP contribution in [0.1, 0.15) is 11.4 Å². The highest BCUT2D eigenvalue weighted by molar-refractivity contribution is 7.98. The molecule has 0 aliphatic heterocycles. The maximum Gasteiger partial charge on any atom is 0.274 e. The summed E-state index contributed by atoms with van der Waals surface area (Å²) in [5.74, 6) is 4.34. The molecule has 7 nitrogen and oxygen atoms in total. The van der Waals surface area contributed by atoms with Crippen molar-refractivity contribution in [3.8, 4) is 12.3 Å². The van der Waals surface area contributed by atoms with Gasteiger partial charge in [0.15, 0.2) is 5.82 Å². The highest BCUT2D eigenvalue weighted by atomic mass is 32.2. The van der Waals surface area contributed by atoms with E-state index < -0.39 is 4.92 Å². The molecule has 1 heterocycles. The number of hydrogen-bond acceptors (Lipinski definition) is 6. The van der Waals surface area contributed by atoms with Crippen molar-refractivity contribution in [2.75, 3.05) is 18.8 Å². The number of hydrogen-bond donors (Lipinski definition) is 3. The minimum Gasteiger partial charge on any atom is -0.366 e. The number of aryl methyl sites for hydroxylation is 1. The van der Waals surface area contributed by atoms with Crippen LogP contribution in [0.2, 0.25) is 0 Å². The predicted octanol–water partition coefficient (Wildman–Crippen LogP) is 0.839. The van der Waals surface area contributed by atoms with Crippen LogP contribution in [0, 0.1) is 29.4 Å². The first-order chi connectivity index (χ1) is 9.63. The van der Waals surface area contributed by atoms with E-state index in [1.54, 1.807) is 18.1 Å². The number of imidazole rings is 1. The first kappa shape index (κ1) is 15.9. The van der Waals surface area contributed by atoms with Gasteiger partial charge in [-0.15, -0.1) is 6.42 Å². The number of aromatic nitrogens is 2. The molecular formula is C12H17N5O2S. The molecule has 20 heavy (non-hydrogen) atoms. The summed E-state index contributed by atoms with van der Waals surface area (Å²) in [6, 6.07) is 0. The number of nitrogens with one attached hydrogen (secondary N) is 3. The molecule has 3 N–H and O–H groups in total. The van der Waals surface area contributed by atoms with Crippen LogP contribution in [0.25, 0.3) is 0 Å². The highest BCUT2D eigenvalue weighted by Crippen LogP contribution is 2.11. The average molecular weight is 295 g/mol. The van der Waals surface area contributed by atoms with Crippen molar-refractivity contribution in [3.05, 3.63) is 39.9 Å². The lowest BCUT2D eigenvalue weighted by Crippen LogP contribution is -2.29. The van der Waals surface area contributed by atoms with Crippen LogP contribution >= 0.6 is 11.8 Å². The van der Waals surface area contributed by atoms with Gasteiger partial charge in [0.05, 0.1) is 23.5 Å². The summed E-state index contributed by atoms with van der Waals surface area (Å²) in [4.78, 5) is 17.1. The number of terminal acetylenes is 1. The van der Waals surface area contributed by atoms with E-state index in [1.165, 1.54) is 0 Å². The van der Waals surface area contributed by atoms with Gasteiger partial charge in [0.25, 0.3) is 6.20 Å². The number of nitrogens with zero attached hydrogens (tertiary/aromatic N) is 2. The van der Waals surface area contributed by atoms with Gasteiger partial charge in [0.2, 0.25) is 0 Å². The molecule has 0 aliphatic carbocycles. The van der Waals surface area contributed by atoms with Gasteiger partial charge in [-0.25, -0.2) is 4.98 Å². The Morgan fingerprint density at radius 1 is 1.70 bits per heavy atom. The van der Waals surface area contributed by atoms with Crippen LogP contribution in [0.5, 0.6) is 0 Å². The Bertz CT molecular complexity index is 506.